The number of urea groups is 1. The second-order valence-corrected chi connectivity index (χ2v) is 6.63. The van der Waals surface area contributed by atoms with E-state index in [1.165, 1.54) is 0 Å². The molecular weight excluding hydrogens is 326 g/mol. The molecule has 1 aromatic heterocycles. The number of carbonyl (C=O) groups is 1. The van der Waals surface area contributed by atoms with Crippen LogP contribution < -0.4 is 5.32 Å². The third kappa shape index (κ3) is 3.13. The fourth-order valence-electron chi connectivity index (χ4n) is 3.32. The summed E-state index contributed by atoms with van der Waals surface area (Å²) in [5.74, 6) is 0.866. The van der Waals surface area contributed by atoms with Gasteiger partial charge in [0.1, 0.15) is 5.76 Å². The molecule has 1 atom stereocenters. The van der Waals surface area contributed by atoms with Gasteiger partial charge < -0.3 is 14.7 Å². The topological polar surface area (TPSA) is 58.4 Å². The first kappa shape index (κ1) is 16.8. The van der Waals surface area contributed by atoms with E-state index >= 15 is 0 Å². The van der Waals surface area contributed by atoms with Crippen molar-refractivity contribution in [2.45, 2.75) is 46.1 Å². The minimum atomic E-state index is -0.133. The van der Waals surface area contributed by atoms with E-state index in [0.717, 1.165) is 41.8 Å². The second-order valence-electron chi connectivity index (χ2n) is 6.22. The fraction of sp³-hybridized carbons (Fsp3) is 0.444. The van der Waals surface area contributed by atoms with Gasteiger partial charge in [-0.3, -0.25) is 0 Å². The highest BCUT2D eigenvalue weighted by Crippen LogP contribution is 2.36. The van der Waals surface area contributed by atoms with Crippen LogP contribution in [-0.2, 0) is 6.42 Å². The number of aryl methyl sites for hydroxylation is 3. The maximum absolute atomic E-state index is 12.8. The van der Waals surface area contributed by atoms with E-state index in [9.17, 15) is 4.79 Å². The summed E-state index contributed by atoms with van der Waals surface area (Å²) in [6.07, 6.45) is 2.66. The van der Waals surface area contributed by atoms with Crippen LogP contribution >= 0.6 is 11.6 Å². The molecule has 1 aliphatic rings. The molecule has 1 aromatic carbocycles. The zero-order valence-corrected chi connectivity index (χ0v) is 15.0. The normalized spacial score (nSPS) is 17.3. The predicted molar refractivity (Wildman–Crippen MR) is 94.5 cm³/mol. The summed E-state index contributed by atoms with van der Waals surface area (Å²) in [4.78, 5) is 14.6. The Balaban J connectivity index is 1.82. The number of hydrogen-bond donors (Lipinski definition) is 1. The molecule has 0 radical (unpaired) electrons. The van der Waals surface area contributed by atoms with Crippen molar-refractivity contribution in [3.05, 3.63) is 45.8 Å². The van der Waals surface area contributed by atoms with E-state index in [4.69, 9.17) is 16.1 Å². The van der Waals surface area contributed by atoms with Crippen molar-refractivity contribution in [2.75, 3.05) is 11.9 Å². The summed E-state index contributed by atoms with van der Waals surface area (Å²) in [5.41, 5.74) is 3.62. The summed E-state index contributed by atoms with van der Waals surface area (Å²) in [5, 5.41) is 7.56. The zero-order chi connectivity index (χ0) is 17.3. The Morgan fingerprint density at radius 1 is 1.46 bits per heavy atom. The summed E-state index contributed by atoms with van der Waals surface area (Å²) < 4.78 is 5.41. The number of nitrogens with one attached hydrogen (secondary N) is 1. The van der Waals surface area contributed by atoms with E-state index in [0.29, 0.717) is 17.3 Å². The standard InChI is InChI=1S/C18H22ClN3O2/c1-4-16-17(12(3)21-24-16)15-6-5-9-22(15)18(23)20-14-8-7-11(2)10-13(14)19/h7-8,10,15H,4-6,9H2,1-3H3,(H,20,23)/t15-/m1/s1. The van der Waals surface area contributed by atoms with Gasteiger partial charge >= 0.3 is 6.03 Å². The van der Waals surface area contributed by atoms with E-state index in [1.807, 2.05) is 43.9 Å². The van der Waals surface area contributed by atoms with Crippen LogP contribution in [0.4, 0.5) is 10.5 Å². The average Bonchev–Trinajstić information content (AvgIpc) is 3.15. The number of benzene rings is 1. The summed E-state index contributed by atoms with van der Waals surface area (Å²) in [6.45, 7) is 6.65. The van der Waals surface area contributed by atoms with Crippen molar-refractivity contribution >= 4 is 23.3 Å². The number of hydrogen-bond acceptors (Lipinski definition) is 3. The van der Waals surface area contributed by atoms with Crippen LogP contribution in [0.5, 0.6) is 0 Å². The number of likely N-dealkylation sites (tertiary alicyclic amines) is 1. The molecular formula is C18H22ClN3O2. The van der Waals surface area contributed by atoms with E-state index in [1.54, 1.807) is 0 Å². The van der Waals surface area contributed by atoms with E-state index in [2.05, 4.69) is 10.5 Å². The molecule has 1 N–H and O–H groups in total. The van der Waals surface area contributed by atoms with Gasteiger partial charge in [0.15, 0.2) is 0 Å². The van der Waals surface area contributed by atoms with Crippen molar-refractivity contribution in [1.82, 2.24) is 10.1 Å². The maximum Gasteiger partial charge on any atom is 0.322 e. The fourth-order valence-corrected chi connectivity index (χ4v) is 3.61. The van der Waals surface area contributed by atoms with Gasteiger partial charge in [0.05, 0.1) is 22.4 Å². The van der Waals surface area contributed by atoms with Crippen molar-refractivity contribution in [2.24, 2.45) is 0 Å². The smallest absolute Gasteiger partial charge is 0.322 e. The number of aromatic nitrogens is 1. The van der Waals surface area contributed by atoms with Crippen LogP contribution in [0.3, 0.4) is 0 Å². The molecule has 0 saturated carbocycles. The third-order valence-corrected chi connectivity index (χ3v) is 4.83. The third-order valence-electron chi connectivity index (χ3n) is 4.52. The highest BCUT2D eigenvalue weighted by Gasteiger charge is 2.34. The number of carbonyl (C=O) groups excluding carboxylic acids is 1. The highest BCUT2D eigenvalue weighted by molar-refractivity contribution is 6.33. The Hall–Kier alpha value is -2.01. The molecule has 128 valence electrons. The number of rotatable bonds is 3. The molecule has 3 rings (SSSR count). The molecule has 2 amide bonds. The zero-order valence-electron chi connectivity index (χ0n) is 14.2. The Bertz CT molecular complexity index is 757. The van der Waals surface area contributed by atoms with Crippen LogP contribution in [0.2, 0.25) is 5.02 Å². The van der Waals surface area contributed by atoms with Gasteiger partial charge in [-0.25, -0.2) is 4.79 Å². The number of halogens is 1. The molecule has 6 heteroatoms. The minimum absolute atomic E-state index is 0.00965. The van der Waals surface area contributed by atoms with Crippen LogP contribution in [0.25, 0.3) is 0 Å². The minimum Gasteiger partial charge on any atom is -0.361 e. The monoisotopic (exact) mass is 347 g/mol. The Morgan fingerprint density at radius 2 is 2.25 bits per heavy atom. The van der Waals surface area contributed by atoms with Gasteiger partial charge in [-0.2, -0.15) is 0 Å². The van der Waals surface area contributed by atoms with Crippen LogP contribution in [0.1, 0.15) is 48.4 Å². The Morgan fingerprint density at radius 3 is 2.96 bits per heavy atom. The molecule has 0 aliphatic carbocycles. The Labute approximate surface area is 147 Å². The molecule has 5 nitrogen and oxygen atoms in total. The number of nitrogens with zero attached hydrogens (tertiary/aromatic N) is 2. The summed E-state index contributed by atoms with van der Waals surface area (Å²) in [7, 11) is 0. The van der Waals surface area contributed by atoms with Crippen molar-refractivity contribution in [3.8, 4) is 0 Å². The van der Waals surface area contributed by atoms with Crippen LogP contribution in [0, 0.1) is 13.8 Å². The lowest BCUT2D eigenvalue weighted by Crippen LogP contribution is -2.35. The first-order chi connectivity index (χ1) is 11.5. The number of amides is 2. The van der Waals surface area contributed by atoms with Crippen molar-refractivity contribution < 1.29 is 9.32 Å². The maximum atomic E-state index is 12.8. The number of anilines is 1. The second kappa shape index (κ2) is 6.85. The lowest BCUT2D eigenvalue weighted by atomic mass is 10.0. The molecule has 0 bridgehead atoms. The van der Waals surface area contributed by atoms with Gasteiger partial charge in [0.2, 0.25) is 0 Å². The van der Waals surface area contributed by atoms with Crippen LogP contribution in [-0.4, -0.2) is 22.6 Å². The highest BCUT2D eigenvalue weighted by atomic mass is 35.5. The first-order valence-corrected chi connectivity index (χ1v) is 8.68. The van der Waals surface area contributed by atoms with Gasteiger partial charge in [0.25, 0.3) is 0 Å². The van der Waals surface area contributed by atoms with Crippen molar-refractivity contribution in [1.29, 1.82) is 0 Å². The van der Waals surface area contributed by atoms with Gasteiger partial charge in [0, 0.05) is 18.5 Å². The summed E-state index contributed by atoms with van der Waals surface area (Å²) >= 11 is 6.23. The molecule has 24 heavy (non-hydrogen) atoms. The lowest BCUT2D eigenvalue weighted by molar-refractivity contribution is 0.206. The lowest BCUT2D eigenvalue weighted by Gasteiger charge is -2.25. The molecule has 2 heterocycles. The van der Waals surface area contributed by atoms with E-state index in [-0.39, 0.29) is 12.1 Å². The molecule has 0 spiro atoms. The van der Waals surface area contributed by atoms with Crippen LogP contribution in [0.15, 0.2) is 22.7 Å². The van der Waals surface area contributed by atoms with E-state index < -0.39 is 0 Å². The largest absolute Gasteiger partial charge is 0.361 e. The first-order valence-electron chi connectivity index (χ1n) is 8.30. The summed E-state index contributed by atoms with van der Waals surface area (Å²) in [6, 6.07) is 5.49. The molecule has 1 aliphatic heterocycles. The molecule has 2 aromatic rings. The quantitative estimate of drug-likeness (QED) is 0.861. The van der Waals surface area contributed by atoms with Gasteiger partial charge in [-0.1, -0.05) is 29.7 Å². The van der Waals surface area contributed by atoms with Gasteiger partial charge in [-0.15, -0.1) is 0 Å². The molecule has 1 fully saturated rings. The van der Waals surface area contributed by atoms with Crippen molar-refractivity contribution in [3.63, 3.8) is 0 Å². The molecule has 1 saturated heterocycles. The Kier molecular flexibility index (Phi) is 4.81. The molecule has 0 unspecified atom stereocenters. The SMILES string of the molecule is CCc1onc(C)c1[C@H]1CCCN1C(=O)Nc1ccc(C)cc1Cl. The average molecular weight is 348 g/mol. The van der Waals surface area contributed by atoms with Gasteiger partial charge in [-0.05, 0) is 44.4 Å². The predicted octanol–water partition coefficient (Wildman–Crippen LogP) is 4.88.